The van der Waals surface area contributed by atoms with E-state index in [9.17, 15) is 4.79 Å². The third-order valence-corrected chi connectivity index (χ3v) is 5.04. The first kappa shape index (κ1) is 17.9. The van der Waals surface area contributed by atoms with Crippen molar-refractivity contribution in [3.63, 3.8) is 0 Å². The molecule has 3 rings (SSSR count). The smallest absolute Gasteiger partial charge is 0.243 e. The van der Waals surface area contributed by atoms with Crippen LogP contribution in [-0.4, -0.2) is 52.0 Å². The number of aryl methyl sites for hydroxylation is 1. The molecule has 7 heteroatoms. The molecule has 1 fully saturated rings. The Morgan fingerprint density at radius 1 is 1.28 bits per heavy atom. The number of benzene rings is 1. The Hall–Kier alpha value is -1.92. The Kier molecular flexibility index (Phi) is 5.71. The number of nitrogens with zero attached hydrogens (tertiary/aromatic N) is 4. The molecule has 0 bridgehead atoms. The Balaban J connectivity index is 1.54. The van der Waals surface area contributed by atoms with Gasteiger partial charge in [-0.15, -0.1) is 0 Å². The van der Waals surface area contributed by atoms with Gasteiger partial charge in [0.2, 0.25) is 11.8 Å². The Morgan fingerprint density at radius 2 is 2.00 bits per heavy atom. The lowest BCUT2D eigenvalue weighted by atomic mass is 10.1. The monoisotopic (exact) mass is 362 g/mol. The molecule has 1 saturated heterocycles. The fourth-order valence-electron chi connectivity index (χ4n) is 3.01. The van der Waals surface area contributed by atoms with Crippen molar-refractivity contribution in [2.24, 2.45) is 0 Å². The maximum atomic E-state index is 12.5. The molecule has 0 N–H and O–H groups in total. The van der Waals surface area contributed by atoms with Crippen molar-refractivity contribution in [2.75, 3.05) is 26.2 Å². The third kappa shape index (κ3) is 4.19. The number of halogens is 1. The molecule has 0 saturated carbocycles. The molecule has 1 aromatic carbocycles. The van der Waals surface area contributed by atoms with E-state index in [4.69, 9.17) is 16.1 Å². The predicted molar refractivity (Wildman–Crippen MR) is 95.4 cm³/mol. The zero-order valence-electron chi connectivity index (χ0n) is 14.6. The number of amides is 1. The molecule has 1 amide bonds. The van der Waals surface area contributed by atoms with Crippen LogP contribution in [0.3, 0.4) is 0 Å². The summed E-state index contributed by atoms with van der Waals surface area (Å²) in [6.07, 6.45) is 1.11. The summed E-state index contributed by atoms with van der Waals surface area (Å²) >= 11 is 6.15. The van der Waals surface area contributed by atoms with Crippen molar-refractivity contribution in [3.8, 4) is 0 Å². The van der Waals surface area contributed by atoms with Gasteiger partial charge in [0.25, 0.3) is 0 Å². The van der Waals surface area contributed by atoms with Crippen molar-refractivity contribution >= 4 is 17.5 Å². The fraction of sp³-hybridized carbons (Fsp3) is 0.500. The van der Waals surface area contributed by atoms with Crippen molar-refractivity contribution < 1.29 is 9.32 Å². The SMILES string of the molecule is CCc1noc([C@@H](C)N2CCN(C(=O)Cc3ccccc3Cl)CC2)n1. The van der Waals surface area contributed by atoms with E-state index in [-0.39, 0.29) is 11.9 Å². The first-order valence-electron chi connectivity index (χ1n) is 8.66. The Labute approximate surface area is 152 Å². The van der Waals surface area contributed by atoms with Gasteiger partial charge in [-0.25, -0.2) is 0 Å². The number of hydrogen-bond acceptors (Lipinski definition) is 5. The van der Waals surface area contributed by atoms with Gasteiger partial charge in [-0.3, -0.25) is 9.69 Å². The van der Waals surface area contributed by atoms with Gasteiger partial charge in [0.05, 0.1) is 12.5 Å². The average Bonchev–Trinajstić information content (AvgIpc) is 3.12. The maximum absolute atomic E-state index is 12.5. The first-order chi connectivity index (χ1) is 12.1. The lowest BCUT2D eigenvalue weighted by molar-refractivity contribution is -0.132. The van der Waals surface area contributed by atoms with Gasteiger partial charge in [0.1, 0.15) is 0 Å². The van der Waals surface area contributed by atoms with E-state index >= 15 is 0 Å². The van der Waals surface area contributed by atoms with E-state index < -0.39 is 0 Å². The van der Waals surface area contributed by atoms with Gasteiger partial charge in [-0.05, 0) is 18.6 Å². The summed E-state index contributed by atoms with van der Waals surface area (Å²) in [6, 6.07) is 7.56. The van der Waals surface area contributed by atoms with Crippen LogP contribution in [0, 0.1) is 0 Å². The normalized spacial score (nSPS) is 16.8. The van der Waals surface area contributed by atoms with Crippen molar-refractivity contribution in [2.45, 2.75) is 32.7 Å². The fourth-order valence-corrected chi connectivity index (χ4v) is 3.21. The minimum atomic E-state index is 0.0635. The van der Waals surface area contributed by atoms with E-state index in [1.165, 1.54) is 0 Å². The largest absolute Gasteiger partial charge is 0.340 e. The van der Waals surface area contributed by atoms with E-state index in [0.717, 1.165) is 30.9 Å². The zero-order chi connectivity index (χ0) is 17.8. The highest BCUT2D eigenvalue weighted by Crippen LogP contribution is 2.21. The molecule has 1 atom stereocenters. The molecule has 0 spiro atoms. The molecule has 0 aliphatic carbocycles. The van der Waals surface area contributed by atoms with Crippen molar-refractivity contribution in [1.82, 2.24) is 19.9 Å². The van der Waals surface area contributed by atoms with Gasteiger partial charge < -0.3 is 9.42 Å². The standard InChI is InChI=1S/C18H23ClN4O2/c1-3-16-20-18(25-21-16)13(2)22-8-10-23(11-9-22)17(24)12-14-6-4-5-7-15(14)19/h4-7,13H,3,8-12H2,1-2H3/t13-/m1/s1. The molecule has 1 aliphatic rings. The van der Waals surface area contributed by atoms with Crippen LogP contribution >= 0.6 is 11.6 Å². The molecule has 2 aromatic rings. The summed E-state index contributed by atoms with van der Waals surface area (Å²) in [5.41, 5.74) is 0.878. The van der Waals surface area contributed by atoms with E-state index in [1.807, 2.05) is 36.1 Å². The minimum Gasteiger partial charge on any atom is -0.340 e. The second-order valence-electron chi connectivity index (χ2n) is 6.26. The van der Waals surface area contributed by atoms with Crippen LogP contribution in [0.1, 0.15) is 37.2 Å². The quantitative estimate of drug-likeness (QED) is 0.818. The minimum absolute atomic E-state index is 0.0635. The van der Waals surface area contributed by atoms with Gasteiger partial charge in [-0.1, -0.05) is 41.9 Å². The molecule has 1 aromatic heterocycles. The average molecular weight is 363 g/mol. The molecule has 25 heavy (non-hydrogen) atoms. The zero-order valence-corrected chi connectivity index (χ0v) is 15.4. The summed E-state index contributed by atoms with van der Waals surface area (Å²) in [4.78, 5) is 21.1. The van der Waals surface area contributed by atoms with Crippen molar-refractivity contribution in [1.29, 1.82) is 0 Å². The van der Waals surface area contributed by atoms with Gasteiger partial charge >= 0.3 is 0 Å². The van der Waals surface area contributed by atoms with Crippen LogP contribution in [0.25, 0.3) is 0 Å². The Bertz CT molecular complexity index is 725. The predicted octanol–water partition coefficient (Wildman–Crippen LogP) is 2.73. The highest BCUT2D eigenvalue weighted by atomic mass is 35.5. The summed E-state index contributed by atoms with van der Waals surface area (Å²) in [6.45, 7) is 7.04. The van der Waals surface area contributed by atoms with Crippen LogP contribution in [0.15, 0.2) is 28.8 Å². The number of aromatic nitrogens is 2. The van der Waals surface area contributed by atoms with Crippen LogP contribution in [0.2, 0.25) is 5.02 Å². The van der Waals surface area contributed by atoms with Gasteiger partial charge in [0.15, 0.2) is 5.82 Å². The molecule has 1 aliphatic heterocycles. The second-order valence-corrected chi connectivity index (χ2v) is 6.67. The molecule has 2 heterocycles. The maximum Gasteiger partial charge on any atom is 0.243 e. The Morgan fingerprint density at radius 3 is 2.64 bits per heavy atom. The second kappa shape index (κ2) is 7.97. The molecule has 6 nitrogen and oxygen atoms in total. The van der Waals surface area contributed by atoms with Gasteiger partial charge in [0, 0.05) is 37.6 Å². The number of carbonyl (C=O) groups excluding carboxylic acids is 1. The van der Waals surface area contributed by atoms with Crippen molar-refractivity contribution in [3.05, 3.63) is 46.6 Å². The summed E-state index contributed by atoms with van der Waals surface area (Å²) in [5, 5.41) is 4.60. The van der Waals surface area contributed by atoms with E-state index in [0.29, 0.717) is 30.4 Å². The summed E-state index contributed by atoms with van der Waals surface area (Å²) in [5.74, 6) is 1.49. The van der Waals surface area contributed by atoms with Crippen LogP contribution in [-0.2, 0) is 17.6 Å². The lowest BCUT2D eigenvalue weighted by Gasteiger charge is -2.36. The highest BCUT2D eigenvalue weighted by molar-refractivity contribution is 6.31. The van der Waals surface area contributed by atoms with E-state index in [1.54, 1.807) is 0 Å². The molecular weight excluding hydrogens is 340 g/mol. The third-order valence-electron chi connectivity index (χ3n) is 4.67. The summed E-state index contributed by atoms with van der Waals surface area (Å²) < 4.78 is 5.34. The number of rotatable bonds is 5. The number of hydrogen-bond donors (Lipinski definition) is 0. The van der Waals surface area contributed by atoms with Crippen LogP contribution < -0.4 is 0 Å². The topological polar surface area (TPSA) is 62.5 Å². The molecular formula is C18H23ClN4O2. The molecule has 0 radical (unpaired) electrons. The molecule has 134 valence electrons. The highest BCUT2D eigenvalue weighted by Gasteiger charge is 2.27. The van der Waals surface area contributed by atoms with Gasteiger partial charge in [-0.2, -0.15) is 4.98 Å². The van der Waals surface area contributed by atoms with E-state index in [2.05, 4.69) is 22.0 Å². The number of piperazine rings is 1. The number of carbonyl (C=O) groups is 1. The summed E-state index contributed by atoms with van der Waals surface area (Å²) in [7, 11) is 0. The van der Waals surface area contributed by atoms with Crippen LogP contribution in [0.4, 0.5) is 0 Å². The van der Waals surface area contributed by atoms with Crippen LogP contribution in [0.5, 0.6) is 0 Å². The first-order valence-corrected chi connectivity index (χ1v) is 9.04. The molecule has 0 unspecified atom stereocenters. The lowest BCUT2D eigenvalue weighted by Crippen LogP contribution is -2.49.